The number of nitrogens with one attached hydrogen (secondary N) is 1. The third-order valence-corrected chi connectivity index (χ3v) is 2.98. The first-order chi connectivity index (χ1) is 10.5. The van der Waals surface area contributed by atoms with Crippen molar-refractivity contribution in [2.75, 3.05) is 12.4 Å². The number of hydrogen-bond acceptors (Lipinski definition) is 4. The van der Waals surface area contributed by atoms with Gasteiger partial charge >= 0.3 is 0 Å². The van der Waals surface area contributed by atoms with Gasteiger partial charge < -0.3 is 10.1 Å². The molecular weight excluding hydrogens is 291 g/mol. The Hall–Kier alpha value is -2.96. The maximum atomic E-state index is 13.1. The van der Waals surface area contributed by atoms with Crippen LogP contribution in [0.5, 0.6) is 5.75 Å². The molecule has 0 aromatic heterocycles. The average Bonchev–Trinajstić information content (AvgIpc) is 2.49. The molecule has 0 saturated heterocycles. The van der Waals surface area contributed by atoms with E-state index in [1.165, 1.54) is 37.4 Å². The van der Waals surface area contributed by atoms with Gasteiger partial charge in [0.15, 0.2) is 0 Å². The van der Waals surface area contributed by atoms with E-state index in [0.29, 0.717) is 11.3 Å². The molecule has 0 aliphatic carbocycles. The summed E-state index contributed by atoms with van der Waals surface area (Å²) in [6.45, 7) is 0. The number of nitrogens with zero attached hydrogens (tertiary/aromatic N) is 1. The molecule has 0 radical (unpaired) electrons. The normalized spacial score (nSPS) is 10.1. The van der Waals surface area contributed by atoms with Crippen LogP contribution in [-0.2, 0) is 11.2 Å². The fourth-order valence-electron chi connectivity index (χ4n) is 1.97. The van der Waals surface area contributed by atoms with Crippen LogP contribution in [-0.4, -0.2) is 17.9 Å². The zero-order valence-electron chi connectivity index (χ0n) is 11.7. The van der Waals surface area contributed by atoms with Crippen LogP contribution in [0.3, 0.4) is 0 Å². The van der Waals surface area contributed by atoms with E-state index in [2.05, 4.69) is 5.32 Å². The minimum Gasteiger partial charge on any atom is -0.494 e. The van der Waals surface area contributed by atoms with Crippen molar-refractivity contribution in [1.29, 1.82) is 0 Å². The Kier molecular flexibility index (Phi) is 4.67. The van der Waals surface area contributed by atoms with Crippen LogP contribution >= 0.6 is 0 Å². The summed E-state index contributed by atoms with van der Waals surface area (Å²) in [5, 5.41) is 13.5. The van der Waals surface area contributed by atoms with E-state index in [9.17, 15) is 19.3 Å². The molecule has 0 bridgehead atoms. The first kappa shape index (κ1) is 15.4. The van der Waals surface area contributed by atoms with E-state index in [1.807, 2.05) is 0 Å². The van der Waals surface area contributed by atoms with Crippen molar-refractivity contribution in [1.82, 2.24) is 0 Å². The zero-order chi connectivity index (χ0) is 16.1. The van der Waals surface area contributed by atoms with Crippen molar-refractivity contribution < 1.29 is 18.8 Å². The first-order valence-corrected chi connectivity index (χ1v) is 6.37. The summed E-state index contributed by atoms with van der Waals surface area (Å²) in [5.74, 6) is -0.774. The van der Waals surface area contributed by atoms with E-state index < -0.39 is 16.6 Å². The maximum absolute atomic E-state index is 13.1. The molecule has 0 aliphatic rings. The van der Waals surface area contributed by atoms with Gasteiger partial charge in [-0.05, 0) is 12.1 Å². The number of hydrogen-bond donors (Lipinski definition) is 1. The first-order valence-electron chi connectivity index (χ1n) is 6.37. The summed E-state index contributed by atoms with van der Waals surface area (Å²) >= 11 is 0. The van der Waals surface area contributed by atoms with Gasteiger partial charge in [-0.3, -0.25) is 14.9 Å². The fraction of sp³-hybridized carbons (Fsp3) is 0.133. The quantitative estimate of drug-likeness (QED) is 0.680. The third kappa shape index (κ3) is 3.57. The number of amides is 1. The average molecular weight is 304 g/mol. The molecule has 1 N–H and O–H groups in total. The standard InChI is InChI=1S/C15H13FN2O4/c1-22-14-9-11(16)6-7-12(14)17-15(19)8-10-4-2-3-5-13(10)18(20)21/h2-7,9H,8H2,1H3,(H,17,19). The van der Waals surface area contributed by atoms with Gasteiger partial charge in [0.1, 0.15) is 11.6 Å². The van der Waals surface area contributed by atoms with E-state index in [4.69, 9.17) is 4.74 Å². The Morgan fingerprint density at radius 2 is 2.05 bits per heavy atom. The topological polar surface area (TPSA) is 81.5 Å². The van der Waals surface area contributed by atoms with Crippen LogP contribution in [0.1, 0.15) is 5.56 Å². The Morgan fingerprint density at radius 1 is 1.32 bits per heavy atom. The second-order valence-electron chi connectivity index (χ2n) is 4.46. The number of rotatable bonds is 5. The number of carbonyl (C=O) groups is 1. The van der Waals surface area contributed by atoms with Crippen molar-refractivity contribution in [3.63, 3.8) is 0 Å². The van der Waals surface area contributed by atoms with Crippen LogP contribution in [0, 0.1) is 15.9 Å². The minimum absolute atomic E-state index is 0.122. The molecule has 0 fully saturated rings. The number of carbonyl (C=O) groups excluding carboxylic acids is 1. The van der Waals surface area contributed by atoms with Crippen molar-refractivity contribution in [2.45, 2.75) is 6.42 Å². The smallest absolute Gasteiger partial charge is 0.273 e. The van der Waals surface area contributed by atoms with E-state index in [-0.39, 0.29) is 17.9 Å². The molecule has 6 nitrogen and oxygen atoms in total. The zero-order valence-corrected chi connectivity index (χ0v) is 11.7. The van der Waals surface area contributed by atoms with Gasteiger partial charge in [0, 0.05) is 17.7 Å². The SMILES string of the molecule is COc1cc(F)ccc1NC(=O)Cc1ccccc1[N+](=O)[O-]. The Morgan fingerprint density at radius 3 is 2.73 bits per heavy atom. The summed E-state index contributed by atoms with van der Waals surface area (Å²) in [6.07, 6.45) is -0.169. The highest BCUT2D eigenvalue weighted by Crippen LogP contribution is 2.25. The molecule has 0 saturated carbocycles. The van der Waals surface area contributed by atoms with Gasteiger partial charge in [-0.15, -0.1) is 0 Å². The number of anilines is 1. The lowest BCUT2D eigenvalue weighted by Gasteiger charge is -2.10. The van der Waals surface area contributed by atoms with Crippen LogP contribution in [0.4, 0.5) is 15.8 Å². The molecule has 0 heterocycles. The van der Waals surface area contributed by atoms with Gasteiger partial charge in [-0.1, -0.05) is 18.2 Å². The van der Waals surface area contributed by atoms with Gasteiger partial charge in [-0.25, -0.2) is 4.39 Å². The maximum Gasteiger partial charge on any atom is 0.273 e. The number of halogens is 1. The molecule has 1 amide bonds. The predicted octanol–water partition coefficient (Wildman–Crippen LogP) is 2.92. The lowest BCUT2D eigenvalue weighted by atomic mass is 10.1. The second-order valence-corrected chi connectivity index (χ2v) is 4.46. The van der Waals surface area contributed by atoms with Crippen LogP contribution in [0.2, 0.25) is 0 Å². The van der Waals surface area contributed by atoms with E-state index in [1.54, 1.807) is 6.07 Å². The minimum atomic E-state index is -0.541. The van der Waals surface area contributed by atoms with Gasteiger partial charge in [0.2, 0.25) is 5.91 Å². The molecule has 22 heavy (non-hydrogen) atoms. The number of nitro groups is 1. The molecule has 0 unspecified atom stereocenters. The predicted molar refractivity (Wildman–Crippen MR) is 78.4 cm³/mol. The molecular formula is C15H13FN2O4. The second kappa shape index (κ2) is 6.66. The molecule has 2 rings (SSSR count). The lowest BCUT2D eigenvalue weighted by molar-refractivity contribution is -0.385. The summed E-state index contributed by atoms with van der Waals surface area (Å²) in [6, 6.07) is 9.69. The molecule has 7 heteroatoms. The number of para-hydroxylation sites is 1. The van der Waals surface area contributed by atoms with Crippen LogP contribution in [0.25, 0.3) is 0 Å². The van der Waals surface area contributed by atoms with Crippen LogP contribution < -0.4 is 10.1 Å². The van der Waals surface area contributed by atoms with Gasteiger partial charge in [0.05, 0.1) is 24.1 Å². The summed E-state index contributed by atoms with van der Waals surface area (Å²) in [4.78, 5) is 22.4. The Bertz CT molecular complexity index is 718. The van der Waals surface area contributed by atoms with Crippen molar-refractivity contribution in [3.05, 3.63) is 64.0 Å². The molecule has 114 valence electrons. The lowest BCUT2D eigenvalue weighted by Crippen LogP contribution is -2.15. The highest BCUT2D eigenvalue weighted by molar-refractivity contribution is 5.94. The van der Waals surface area contributed by atoms with E-state index in [0.717, 1.165) is 6.07 Å². The molecule has 2 aromatic carbocycles. The monoisotopic (exact) mass is 304 g/mol. The Labute approximate surface area is 125 Å². The van der Waals surface area contributed by atoms with Crippen molar-refractivity contribution in [3.8, 4) is 5.75 Å². The highest BCUT2D eigenvalue weighted by Gasteiger charge is 2.16. The molecule has 2 aromatic rings. The van der Waals surface area contributed by atoms with Crippen molar-refractivity contribution >= 4 is 17.3 Å². The molecule has 0 aliphatic heterocycles. The van der Waals surface area contributed by atoms with Gasteiger partial charge in [-0.2, -0.15) is 0 Å². The number of nitro benzene ring substituents is 1. The van der Waals surface area contributed by atoms with Crippen LogP contribution in [0.15, 0.2) is 42.5 Å². The number of benzene rings is 2. The Balaban J connectivity index is 2.16. The summed E-state index contributed by atoms with van der Waals surface area (Å²) in [5.41, 5.74) is 0.474. The molecule has 0 spiro atoms. The number of ether oxygens (including phenoxy) is 1. The summed E-state index contributed by atoms with van der Waals surface area (Å²) < 4.78 is 18.1. The largest absolute Gasteiger partial charge is 0.494 e. The third-order valence-electron chi connectivity index (χ3n) is 2.98. The van der Waals surface area contributed by atoms with Crippen molar-refractivity contribution in [2.24, 2.45) is 0 Å². The summed E-state index contributed by atoms with van der Waals surface area (Å²) in [7, 11) is 1.35. The van der Waals surface area contributed by atoms with E-state index >= 15 is 0 Å². The fourth-order valence-corrected chi connectivity index (χ4v) is 1.97. The highest BCUT2D eigenvalue weighted by atomic mass is 19.1. The van der Waals surface area contributed by atoms with Gasteiger partial charge in [0.25, 0.3) is 5.69 Å². The molecule has 0 atom stereocenters. The number of methoxy groups -OCH3 is 1.